The van der Waals surface area contributed by atoms with Gasteiger partial charge in [0.2, 0.25) is 13.6 Å². The predicted molar refractivity (Wildman–Crippen MR) is 306 cm³/mol. The summed E-state index contributed by atoms with van der Waals surface area (Å²) in [7, 11) is 7.05. The van der Waals surface area contributed by atoms with Crippen LogP contribution in [0.1, 0.15) is 125 Å². The molecule has 22 nitrogen and oxygen atoms in total. The number of phenols is 2. The molecule has 22 heteroatoms. The molecule has 2 fully saturated rings. The number of nitriles is 2. The van der Waals surface area contributed by atoms with Gasteiger partial charge in [-0.15, -0.1) is 0 Å². The molecule has 2 unspecified atom stereocenters. The van der Waals surface area contributed by atoms with Crippen LogP contribution in [0.2, 0.25) is 0 Å². The van der Waals surface area contributed by atoms with Crippen molar-refractivity contribution in [2.75, 3.05) is 55.0 Å². The summed E-state index contributed by atoms with van der Waals surface area (Å²) in [6.45, 7) is 10.3. The number of carbonyl (C=O) groups excluding carboxylic acids is 4. The molecule has 0 saturated carbocycles. The van der Waals surface area contributed by atoms with Crippen molar-refractivity contribution in [3.05, 3.63) is 114 Å². The molecule has 14 rings (SSSR count). The third-order valence-corrected chi connectivity index (χ3v) is 19.5. The maximum Gasteiger partial charge on any atom is 0.308 e. The number of hydrogen-bond acceptors (Lipinski definition) is 21. The van der Waals surface area contributed by atoms with E-state index in [1.54, 1.807) is 38.3 Å². The third-order valence-electron chi connectivity index (χ3n) is 19.5. The fourth-order valence-electron chi connectivity index (χ4n) is 16.2. The molecular formula is C64H66N8O14. The first-order valence-corrected chi connectivity index (χ1v) is 28.8. The summed E-state index contributed by atoms with van der Waals surface area (Å²) in [6.07, 6.45) is 1.86. The van der Waals surface area contributed by atoms with Crippen LogP contribution in [-0.2, 0) is 35.3 Å². The fraction of sp³-hybridized carbons (Fsp3) is 0.438. The second-order valence-corrected chi connectivity index (χ2v) is 23.7. The number of aryl methyl sites for hydroxylation is 2. The zero-order chi connectivity index (χ0) is 60.8. The maximum absolute atomic E-state index is 13.8. The number of ether oxygens (including phenoxy) is 8. The Labute approximate surface area is 496 Å². The Morgan fingerprint density at radius 3 is 1.42 bits per heavy atom. The van der Waals surface area contributed by atoms with Gasteiger partial charge in [-0.1, -0.05) is 24.3 Å². The van der Waals surface area contributed by atoms with Gasteiger partial charge in [-0.05, 0) is 102 Å². The Balaban J connectivity index is 0.000000164. The number of nitrogens with two attached hydrogens (primary N) is 1. The van der Waals surface area contributed by atoms with Gasteiger partial charge in [0.05, 0.1) is 61.7 Å². The number of rotatable bonds is 7. The Hall–Kier alpha value is -8.64. The molecule has 5 aromatic rings. The molecule has 0 aromatic heterocycles. The first-order chi connectivity index (χ1) is 41.3. The van der Waals surface area contributed by atoms with Crippen LogP contribution in [0.25, 0.3) is 0 Å². The number of hydrogen-bond donors (Lipinski definition) is 3. The third kappa shape index (κ3) is 7.99. The SMILES string of the molecule is COc1c(C)cc2c(c1O)[C@@H]1C3Cc4c(OC(C)=O)c(C)c5c(c4[C@H](CN)N3[C@@H](C#N)[C@H](C2)N1C)OCO5.COc1c(C)cc2c(c1O)[C@@H]1C3Cc4c(OC(C)=O)c(C)c5c(c4[C@H](CN4C(=O)c6ccccc6C4=O)N3[C@@H](C#N)[C@H](C2)N1C)OCO5. The van der Waals surface area contributed by atoms with Crippen molar-refractivity contribution in [1.82, 2.24) is 24.5 Å². The van der Waals surface area contributed by atoms with Gasteiger partial charge in [-0.25, -0.2) is 0 Å². The van der Waals surface area contributed by atoms with E-state index in [4.69, 9.17) is 43.6 Å². The number of benzene rings is 5. The summed E-state index contributed by atoms with van der Waals surface area (Å²) < 4.78 is 46.7. The van der Waals surface area contributed by atoms with Crippen LogP contribution in [0, 0.1) is 50.4 Å². The van der Waals surface area contributed by atoms with E-state index in [0.717, 1.165) is 38.9 Å². The summed E-state index contributed by atoms with van der Waals surface area (Å²) in [6, 6.07) is 11.9. The Kier molecular flexibility index (Phi) is 13.7. The average molecular weight is 1170 g/mol. The van der Waals surface area contributed by atoms with Gasteiger partial charge in [-0.3, -0.25) is 43.7 Å². The fourth-order valence-corrected chi connectivity index (χ4v) is 16.2. The molecule has 9 aliphatic rings. The van der Waals surface area contributed by atoms with E-state index in [1.807, 2.05) is 40.9 Å². The zero-order valence-corrected chi connectivity index (χ0v) is 49.4. The van der Waals surface area contributed by atoms with Gasteiger partial charge in [0, 0.05) is 95.6 Å². The summed E-state index contributed by atoms with van der Waals surface area (Å²) in [5, 5.41) is 44.6. The highest BCUT2D eigenvalue weighted by atomic mass is 16.7. The van der Waals surface area contributed by atoms with Crippen molar-refractivity contribution in [2.24, 2.45) is 5.73 Å². The van der Waals surface area contributed by atoms with Crippen LogP contribution >= 0.6 is 0 Å². The quantitative estimate of drug-likeness (QED) is 0.0938. The molecule has 446 valence electrons. The average Bonchev–Trinajstić information content (AvgIpc) is 1.12. The van der Waals surface area contributed by atoms with Crippen molar-refractivity contribution in [2.45, 2.75) is 128 Å². The van der Waals surface area contributed by atoms with Crippen LogP contribution in [0.3, 0.4) is 0 Å². The summed E-state index contributed by atoms with van der Waals surface area (Å²) in [5.41, 5.74) is 16.4. The number of esters is 2. The highest BCUT2D eigenvalue weighted by Crippen LogP contribution is 2.61. The lowest BCUT2D eigenvalue weighted by Gasteiger charge is -2.60. The lowest BCUT2D eigenvalue weighted by Crippen LogP contribution is -2.68. The standard InChI is InChI=1S/C36H34N4O8.C28H32N4O6/c1-16-10-19-11-23-25(13-37)40-24(29(38(23)4)27(19)30(42)31(16)45-5)12-22-28(34-33(46-15-47-34)17(2)32(22)48-18(3)41)26(40)14-39-35(43)20-8-6-7-9-21(20)36(39)44;1-12-6-15-7-17-19(9-29)32-18(23(31(17)4)21(15)24(34)25(12)35-5)8-16-22(20(32)10-30)28-27(36-11-37-28)13(2)26(16)38-14(3)33/h6-10,23-26,29,42H,11-12,14-15H2,1-5H3;6,17-20,23,34H,7-8,10-11,30H2,1-5H3/t23-,24?,25-,26-,29-;17-,18?,19-,20-,23-/m00/s1. The van der Waals surface area contributed by atoms with Gasteiger partial charge < -0.3 is 53.8 Å². The maximum atomic E-state index is 13.8. The predicted octanol–water partition coefficient (Wildman–Crippen LogP) is 6.14. The Morgan fingerprint density at radius 2 is 1.02 bits per heavy atom. The van der Waals surface area contributed by atoms with E-state index in [-0.39, 0.29) is 68.4 Å². The molecule has 0 radical (unpaired) electrons. The van der Waals surface area contributed by atoms with Crippen molar-refractivity contribution >= 4 is 23.8 Å². The number of imide groups is 1. The van der Waals surface area contributed by atoms with Crippen LogP contribution in [0.4, 0.5) is 0 Å². The molecule has 9 aliphatic heterocycles. The number of amides is 2. The van der Waals surface area contributed by atoms with Crippen LogP contribution in [-0.4, -0.2) is 150 Å². The van der Waals surface area contributed by atoms with E-state index in [1.165, 1.54) is 25.9 Å². The van der Waals surface area contributed by atoms with Crippen molar-refractivity contribution in [3.8, 4) is 69.6 Å². The molecule has 86 heavy (non-hydrogen) atoms. The van der Waals surface area contributed by atoms with Gasteiger partial charge >= 0.3 is 11.9 Å². The van der Waals surface area contributed by atoms with Gasteiger partial charge in [-0.2, -0.15) is 10.5 Å². The number of piperazine rings is 2. The smallest absolute Gasteiger partial charge is 0.308 e. The van der Waals surface area contributed by atoms with Gasteiger partial charge in [0.15, 0.2) is 46.0 Å². The first-order valence-electron chi connectivity index (χ1n) is 28.8. The number of aromatic hydroxyl groups is 2. The summed E-state index contributed by atoms with van der Waals surface area (Å²) in [5.74, 6) is 2.00. The van der Waals surface area contributed by atoms with Gasteiger partial charge in [0.1, 0.15) is 23.6 Å². The normalized spacial score (nSPS) is 26.0. The van der Waals surface area contributed by atoms with Gasteiger partial charge in [0.25, 0.3) is 11.8 Å². The second kappa shape index (κ2) is 20.8. The molecule has 5 aromatic carbocycles. The Bertz CT molecular complexity index is 3860. The van der Waals surface area contributed by atoms with Crippen molar-refractivity contribution < 1.29 is 67.3 Å². The van der Waals surface area contributed by atoms with Crippen LogP contribution in [0.5, 0.6) is 57.5 Å². The summed E-state index contributed by atoms with van der Waals surface area (Å²) >= 11 is 0. The van der Waals surface area contributed by atoms with Crippen LogP contribution in [0.15, 0.2) is 36.4 Å². The first kappa shape index (κ1) is 56.5. The van der Waals surface area contributed by atoms with E-state index in [9.17, 15) is 39.9 Å². The minimum absolute atomic E-state index is 0.0444. The molecule has 2 amide bonds. The summed E-state index contributed by atoms with van der Waals surface area (Å²) in [4.78, 5) is 62.2. The number of phenolic OH excluding ortho intramolecular Hbond substituents is 2. The van der Waals surface area contributed by atoms with E-state index < -0.39 is 54.0 Å². The van der Waals surface area contributed by atoms with E-state index >= 15 is 0 Å². The number of likely N-dealkylation sites (N-methyl/N-ethyl adjacent to an activating group) is 2. The molecule has 9 heterocycles. The molecule has 10 atom stereocenters. The van der Waals surface area contributed by atoms with Crippen molar-refractivity contribution in [1.29, 1.82) is 10.5 Å². The molecule has 2 saturated heterocycles. The number of fused-ring (bicyclic) bond motifs is 19. The molecule has 4 N–H and O–H groups in total. The minimum Gasteiger partial charge on any atom is -0.504 e. The molecule has 4 bridgehead atoms. The monoisotopic (exact) mass is 1170 g/mol. The zero-order valence-electron chi connectivity index (χ0n) is 49.4. The van der Waals surface area contributed by atoms with Crippen molar-refractivity contribution in [3.63, 3.8) is 0 Å². The number of carbonyl (C=O) groups is 4. The Morgan fingerprint density at radius 1 is 0.616 bits per heavy atom. The van der Waals surface area contributed by atoms with E-state index in [0.29, 0.717) is 111 Å². The highest BCUT2D eigenvalue weighted by molar-refractivity contribution is 6.21. The largest absolute Gasteiger partial charge is 0.504 e. The highest BCUT2D eigenvalue weighted by Gasteiger charge is 2.59. The molecular weight excluding hydrogens is 1100 g/mol. The minimum atomic E-state index is -0.745. The number of nitrogens with zero attached hydrogens (tertiary/aromatic N) is 7. The van der Waals surface area contributed by atoms with E-state index in [2.05, 4.69) is 37.8 Å². The lowest BCUT2D eigenvalue weighted by molar-refractivity contribution is -0.133. The molecule has 0 aliphatic carbocycles. The number of methoxy groups -OCH3 is 2. The molecule has 0 spiro atoms. The van der Waals surface area contributed by atoms with Crippen LogP contribution < -0.4 is 43.6 Å². The topological polar surface area (TPSA) is 272 Å². The lowest BCUT2D eigenvalue weighted by atomic mass is 9.71. The second-order valence-electron chi connectivity index (χ2n) is 23.7.